The van der Waals surface area contributed by atoms with Crippen molar-refractivity contribution in [1.82, 2.24) is 9.97 Å². The summed E-state index contributed by atoms with van der Waals surface area (Å²) in [6.07, 6.45) is 1.48. The zero-order valence-electron chi connectivity index (χ0n) is 8.65. The largest absolute Gasteiger partial charge is 0.376 e. The Labute approximate surface area is 98.1 Å². The smallest absolute Gasteiger partial charge is 0.222 e. The van der Waals surface area contributed by atoms with Crippen LogP contribution in [0.15, 0.2) is 6.20 Å². The van der Waals surface area contributed by atoms with Crippen molar-refractivity contribution >= 4 is 23.4 Å². The van der Waals surface area contributed by atoms with Crippen molar-refractivity contribution in [3.05, 3.63) is 11.2 Å². The number of nitrogens with two attached hydrogens (primary N) is 1. The van der Waals surface area contributed by atoms with Gasteiger partial charge in [0.05, 0.1) is 32.1 Å². The standard InChI is InChI=1S/C9H13ClN4O2/c10-7-4-13-9(11)14-8(7)12-3-6-5-15-1-2-16-6/h4,6H,1-3,5H2,(H3,11,12,13,14). The van der Waals surface area contributed by atoms with Crippen molar-refractivity contribution in [2.45, 2.75) is 6.10 Å². The first-order valence-electron chi connectivity index (χ1n) is 4.97. The van der Waals surface area contributed by atoms with Gasteiger partial charge in [-0.1, -0.05) is 11.6 Å². The Morgan fingerprint density at radius 1 is 1.56 bits per heavy atom. The first-order valence-corrected chi connectivity index (χ1v) is 5.35. The fourth-order valence-corrected chi connectivity index (χ4v) is 1.53. The molecule has 2 heterocycles. The molecule has 0 spiro atoms. The van der Waals surface area contributed by atoms with E-state index in [2.05, 4.69) is 15.3 Å². The number of hydrogen-bond donors (Lipinski definition) is 2. The van der Waals surface area contributed by atoms with Gasteiger partial charge in [0.1, 0.15) is 5.02 Å². The van der Waals surface area contributed by atoms with Gasteiger partial charge >= 0.3 is 0 Å². The lowest BCUT2D eigenvalue weighted by atomic mass is 10.3. The zero-order chi connectivity index (χ0) is 11.4. The number of ether oxygens (including phenoxy) is 2. The molecule has 0 radical (unpaired) electrons. The number of halogens is 1. The molecule has 1 fully saturated rings. The highest BCUT2D eigenvalue weighted by Gasteiger charge is 2.14. The molecular weight excluding hydrogens is 232 g/mol. The number of nitrogen functional groups attached to an aromatic ring is 1. The van der Waals surface area contributed by atoms with Gasteiger partial charge in [-0.05, 0) is 0 Å². The molecule has 3 N–H and O–H groups in total. The predicted molar refractivity (Wildman–Crippen MR) is 60.5 cm³/mol. The van der Waals surface area contributed by atoms with Crippen molar-refractivity contribution in [2.75, 3.05) is 37.4 Å². The molecule has 0 bridgehead atoms. The molecule has 1 saturated heterocycles. The van der Waals surface area contributed by atoms with Gasteiger partial charge in [0.15, 0.2) is 5.82 Å². The average Bonchev–Trinajstić information content (AvgIpc) is 2.32. The van der Waals surface area contributed by atoms with Crippen molar-refractivity contribution < 1.29 is 9.47 Å². The summed E-state index contributed by atoms with van der Waals surface area (Å²) in [6.45, 7) is 2.42. The van der Waals surface area contributed by atoms with Crippen LogP contribution in [-0.4, -0.2) is 42.4 Å². The van der Waals surface area contributed by atoms with E-state index < -0.39 is 0 Å². The third kappa shape index (κ3) is 2.94. The van der Waals surface area contributed by atoms with E-state index in [1.165, 1.54) is 6.20 Å². The number of nitrogens with zero attached hydrogens (tertiary/aromatic N) is 2. The van der Waals surface area contributed by atoms with Gasteiger partial charge in [0, 0.05) is 6.54 Å². The molecule has 1 aliphatic heterocycles. The highest BCUT2D eigenvalue weighted by molar-refractivity contribution is 6.32. The molecule has 6 nitrogen and oxygen atoms in total. The quantitative estimate of drug-likeness (QED) is 0.808. The molecule has 1 aromatic rings. The Hall–Kier alpha value is -1.11. The molecule has 1 aromatic heterocycles. The summed E-state index contributed by atoms with van der Waals surface area (Å²) >= 11 is 5.90. The first kappa shape index (κ1) is 11.4. The predicted octanol–water partition coefficient (Wildman–Crippen LogP) is 0.539. The van der Waals surface area contributed by atoms with Gasteiger partial charge in [-0.15, -0.1) is 0 Å². The molecular formula is C9H13ClN4O2. The SMILES string of the molecule is Nc1ncc(Cl)c(NCC2COCCO2)n1. The maximum atomic E-state index is 5.90. The van der Waals surface area contributed by atoms with Crippen molar-refractivity contribution in [3.63, 3.8) is 0 Å². The summed E-state index contributed by atoms with van der Waals surface area (Å²) in [4.78, 5) is 7.76. The summed E-state index contributed by atoms with van der Waals surface area (Å²) < 4.78 is 10.7. The lowest BCUT2D eigenvalue weighted by Crippen LogP contribution is -2.34. The van der Waals surface area contributed by atoms with Gasteiger partial charge in [0.25, 0.3) is 0 Å². The Morgan fingerprint density at radius 2 is 2.44 bits per heavy atom. The van der Waals surface area contributed by atoms with Gasteiger partial charge < -0.3 is 20.5 Å². The minimum Gasteiger partial charge on any atom is -0.376 e. The second kappa shape index (κ2) is 5.29. The van der Waals surface area contributed by atoms with Crippen LogP contribution >= 0.6 is 11.6 Å². The summed E-state index contributed by atoms with van der Waals surface area (Å²) in [5.74, 6) is 0.705. The molecule has 0 aromatic carbocycles. The minimum atomic E-state index is 0.0148. The second-order valence-electron chi connectivity index (χ2n) is 3.37. The van der Waals surface area contributed by atoms with E-state index in [9.17, 15) is 0 Å². The summed E-state index contributed by atoms with van der Waals surface area (Å²) in [6, 6.07) is 0. The van der Waals surface area contributed by atoms with Crippen LogP contribution in [0.1, 0.15) is 0 Å². The molecule has 0 aliphatic carbocycles. The Bertz CT molecular complexity index is 357. The highest BCUT2D eigenvalue weighted by atomic mass is 35.5. The lowest BCUT2D eigenvalue weighted by Gasteiger charge is -2.23. The van der Waals surface area contributed by atoms with Crippen molar-refractivity contribution in [1.29, 1.82) is 0 Å². The molecule has 2 rings (SSSR count). The van der Waals surface area contributed by atoms with Crippen molar-refractivity contribution in [2.24, 2.45) is 0 Å². The van der Waals surface area contributed by atoms with Crippen LogP contribution in [0.5, 0.6) is 0 Å². The molecule has 1 unspecified atom stereocenters. The van der Waals surface area contributed by atoms with E-state index in [0.29, 0.717) is 37.2 Å². The Kier molecular flexibility index (Phi) is 3.76. The lowest BCUT2D eigenvalue weighted by molar-refractivity contribution is -0.0819. The second-order valence-corrected chi connectivity index (χ2v) is 3.78. The minimum absolute atomic E-state index is 0.0148. The van der Waals surface area contributed by atoms with Crippen molar-refractivity contribution in [3.8, 4) is 0 Å². The Balaban J connectivity index is 1.90. The molecule has 88 valence electrons. The van der Waals surface area contributed by atoms with Crippen LogP contribution in [0.25, 0.3) is 0 Å². The van der Waals surface area contributed by atoms with Gasteiger partial charge in [-0.3, -0.25) is 0 Å². The maximum absolute atomic E-state index is 5.90. The van der Waals surface area contributed by atoms with Crippen LogP contribution in [0.3, 0.4) is 0 Å². The highest BCUT2D eigenvalue weighted by Crippen LogP contribution is 2.18. The number of anilines is 2. The van der Waals surface area contributed by atoms with Crippen LogP contribution in [0.4, 0.5) is 11.8 Å². The van der Waals surface area contributed by atoms with E-state index in [0.717, 1.165) is 0 Å². The van der Waals surface area contributed by atoms with Gasteiger partial charge in [-0.2, -0.15) is 4.98 Å². The fourth-order valence-electron chi connectivity index (χ4n) is 1.37. The third-order valence-electron chi connectivity index (χ3n) is 2.14. The van der Waals surface area contributed by atoms with Crippen LogP contribution in [0, 0.1) is 0 Å². The van der Waals surface area contributed by atoms with E-state index in [4.69, 9.17) is 26.8 Å². The van der Waals surface area contributed by atoms with E-state index >= 15 is 0 Å². The number of rotatable bonds is 3. The average molecular weight is 245 g/mol. The topological polar surface area (TPSA) is 82.3 Å². The van der Waals surface area contributed by atoms with E-state index in [1.54, 1.807) is 0 Å². The third-order valence-corrected chi connectivity index (χ3v) is 2.42. The molecule has 16 heavy (non-hydrogen) atoms. The molecule has 7 heteroatoms. The summed E-state index contributed by atoms with van der Waals surface area (Å²) in [7, 11) is 0. The monoisotopic (exact) mass is 244 g/mol. The summed E-state index contributed by atoms with van der Waals surface area (Å²) in [5.41, 5.74) is 5.46. The van der Waals surface area contributed by atoms with Crippen LogP contribution in [-0.2, 0) is 9.47 Å². The van der Waals surface area contributed by atoms with E-state index in [-0.39, 0.29) is 12.1 Å². The molecule has 0 amide bonds. The molecule has 0 saturated carbocycles. The van der Waals surface area contributed by atoms with Gasteiger partial charge in [0.2, 0.25) is 5.95 Å². The first-order chi connectivity index (χ1) is 7.75. The van der Waals surface area contributed by atoms with Crippen LogP contribution < -0.4 is 11.1 Å². The number of nitrogens with one attached hydrogen (secondary N) is 1. The maximum Gasteiger partial charge on any atom is 0.222 e. The van der Waals surface area contributed by atoms with E-state index in [1.807, 2.05) is 0 Å². The van der Waals surface area contributed by atoms with Crippen LogP contribution in [0.2, 0.25) is 5.02 Å². The number of hydrogen-bond acceptors (Lipinski definition) is 6. The summed E-state index contributed by atoms with van der Waals surface area (Å²) in [5, 5.41) is 3.49. The molecule has 1 aliphatic rings. The number of aromatic nitrogens is 2. The Morgan fingerprint density at radius 3 is 3.19 bits per heavy atom. The zero-order valence-corrected chi connectivity index (χ0v) is 9.41. The van der Waals surface area contributed by atoms with Gasteiger partial charge in [-0.25, -0.2) is 4.98 Å². The normalized spacial score (nSPS) is 20.7. The molecule has 1 atom stereocenters. The fraction of sp³-hybridized carbons (Fsp3) is 0.556.